The van der Waals surface area contributed by atoms with Gasteiger partial charge in [-0.25, -0.2) is 4.79 Å². The van der Waals surface area contributed by atoms with E-state index in [1.165, 1.54) is 7.11 Å². The number of methoxy groups -OCH3 is 1. The molecule has 1 aromatic carbocycles. The minimum atomic E-state index is -0.575. The summed E-state index contributed by atoms with van der Waals surface area (Å²) in [7, 11) is 1.26. The maximum atomic E-state index is 11.4. The molecule has 0 fully saturated rings. The van der Waals surface area contributed by atoms with Gasteiger partial charge in [0.1, 0.15) is 5.69 Å². The molecule has 2 rings (SSSR count). The Morgan fingerprint density at radius 2 is 2.25 bits per heavy atom. The fraction of sp³-hybridized carbons (Fsp3) is 0.0909. The second-order valence-corrected chi connectivity index (χ2v) is 3.65. The molecule has 4 nitrogen and oxygen atoms in total. The number of aldehydes is 1. The van der Waals surface area contributed by atoms with Crippen LogP contribution in [0.5, 0.6) is 0 Å². The molecule has 0 aliphatic rings. The van der Waals surface area contributed by atoms with Crippen molar-refractivity contribution in [3.63, 3.8) is 0 Å². The van der Waals surface area contributed by atoms with Crippen LogP contribution in [0.1, 0.15) is 20.8 Å². The van der Waals surface area contributed by atoms with Gasteiger partial charge in [0.05, 0.1) is 12.7 Å². The Hall–Kier alpha value is -1.81. The number of aromatic amines is 1. The maximum absolute atomic E-state index is 11.4. The van der Waals surface area contributed by atoms with Gasteiger partial charge in [0.2, 0.25) is 0 Å². The average molecular weight is 238 g/mol. The van der Waals surface area contributed by atoms with Gasteiger partial charge in [-0.1, -0.05) is 11.6 Å². The molecule has 0 amide bonds. The van der Waals surface area contributed by atoms with E-state index in [1.807, 2.05) is 0 Å². The first kappa shape index (κ1) is 10.7. The van der Waals surface area contributed by atoms with E-state index in [2.05, 4.69) is 9.72 Å². The molecule has 82 valence electrons. The zero-order valence-corrected chi connectivity index (χ0v) is 9.17. The van der Waals surface area contributed by atoms with Crippen molar-refractivity contribution in [2.45, 2.75) is 0 Å². The first-order valence-electron chi connectivity index (χ1n) is 4.52. The van der Waals surface area contributed by atoms with Crippen molar-refractivity contribution in [2.24, 2.45) is 0 Å². The van der Waals surface area contributed by atoms with Crippen LogP contribution in [0, 0.1) is 0 Å². The molecule has 1 heterocycles. The summed E-state index contributed by atoms with van der Waals surface area (Å²) < 4.78 is 4.58. The largest absolute Gasteiger partial charge is 0.464 e. The van der Waals surface area contributed by atoms with Gasteiger partial charge in [-0.2, -0.15) is 0 Å². The van der Waals surface area contributed by atoms with Gasteiger partial charge < -0.3 is 9.72 Å². The summed E-state index contributed by atoms with van der Waals surface area (Å²) in [5, 5.41) is 1.12. The van der Waals surface area contributed by atoms with Crippen LogP contribution < -0.4 is 0 Å². The summed E-state index contributed by atoms with van der Waals surface area (Å²) in [6.45, 7) is 0. The van der Waals surface area contributed by atoms with E-state index in [9.17, 15) is 9.59 Å². The number of hydrogen-bond donors (Lipinski definition) is 1. The van der Waals surface area contributed by atoms with Crippen molar-refractivity contribution < 1.29 is 14.3 Å². The molecule has 0 saturated heterocycles. The standard InChI is InChI=1S/C11H8ClNO3/c1-16-11(15)10-8(5-14)7-4-6(12)2-3-9(7)13-10/h2-5,13H,1H3. The highest BCUT2D eigenvalue weighted by atomic mass is 35.5. The van der Waals surface area contributed by atoms with Crippen molar-refractivity contribution in [2.75, 3.05) is 7.11 Å². The molecule has 0 spiro atoms. The highest BCUT2D eigenvalue weighted by Gasteiger charge is 2.17. The van der Waals surface area contributed by atoms with Crippen LogP contribution >= 0.6 is 11.6 Å². The minimum absolute atomic E-state index is 0.148. The fourth-order valence-electron chi connectivity index (χ4n) is 1.57. The number of halogens is 1. The van der Waals surface area contributed by atoms with Crippen molar-refractivity contribution in [1.82, 2.24) is 4.98 Å². The summed E-state index contributed by atoms with van der Waals surface area (Å²) >= 11 is 5.82. The molecule has 1 aromatic heterocycles. The van der Waals surface area contributed by atoms with Crippen molar-refractivity contribution in [3.05, 3.63) is 34.5 Å². The number of H-pyrrole nitrogens is 1. The SMILES string of the molecule is COC(=O)c1[nH]c2ccc(Cl)cc2c1C=O. The van der Waals surface area contributed by atoms with Crippen LogP contribution in [0.4, 0.5) is 0 Å². The van der Waals surface area contributed by atoms with Gasteiger partial charge in [0.25, 0.3) is 0 Å². The molecular formula is C11H8ClNO3. The zero-order valence-electron chi connectivity index (χ0n) is 8.41. The molecule has 16 heavy (non-hydrogen) atoms. The molecule has 1 N–H and O–H groups in total. The van der Waals surface area contributed by atoms with E-state index in [0.29, 0.717) is 22.2 Å². The highest BCUT2D eigenvalue weighted by molar-refractivity contribution is 6.31. The van der Waals surface area contributed by atoms with Crippen LogP contribution in [-0.2, 0) is 4.74 Å². The number of ether oxygens (including phenoxy) is 1. The van der Waals surface area contributed by atoms with Crippen LogP contribution in [0.25, 0.3) is 10.9 Å². The predicted octanol–water partition coefficient (Wildman–Crippen LogP) is 2.42. The molecule has 5 heteroatoms. The van der Waals surface area contributed by atoms with E-state index >= 15 is 0 Å². The Morgan fingerprint density at radius 1 is 1.50 bits per heavy atom. The average Bonchev–Trinajstić information content (AvgIpc) is 2.65. The van der Waals surface area contributed by atoms with Gasteiger partial charge in [0.15, 0.2) is 6.29 Å². The van der Waals surface area contributed by atoms with Gasteiger partial charge in [-0.05, 0) is 18.2 Å². The summed E-state index contributed by atoms with van der Waals surface area (Å²) in [6, 6.07) is 5.01. The van der Waals surface area contributed by atoms with E-state index in [4.69, 9.17) is 11.6 Å². The number of aromatic nitrogens is 1. The molecular weight excluding hydrogens is 230 g/mol. The highest BCUT2D eigenvalue weighted by Crippen LogP contribution is 2.24. The normalized spacial score (nSPS) is 10.4. The van der Waals surface area contributed by atoms with Gasteiger partial charge >= 0.3 is 5.97 Å². The second kappa shape index (κ2) is 3.98. The lowest BCUT2D eigenvalue weighted by Crippen LogP contribution is -2.04. The van der Waals surface area contributed by atoms with E-state index in [1.54, 1.807) is 18.2 Å². The molecule has 0 unspecified atom stereocenters. The van der Waals surface area contributed by atoms with Crippen LogP contribution in [-0.4, -0.2) is 24.3 Å². The van der Waals surface area contributed by atoms with Crippen LogP contribution in [0.3, 0.4) is 0 Å². The monoisotopic (exact) mass is 237 g/mol. The van der Waals surface area contributed by atoms with Gasteiger partial charge in [-0.3, -0.25) is 4.79 Å². The smallest absolute Gasteiger partial charge is 0.355 e. The number of rotatable bonds is 2. The second-order valence-electron chi connectivity index (χ2n) is 3.21. The molecule has 0 aliphatic carbocycles. The van der Waals surface area contributed by atoms with Crippen molar-refractivity contribution in [1.29, 1.82) is 0 Å². The number of carbonyl (C=O) groups is 2. The maximum Gasteiger partial charge on any atom is 0.355 e. The number of esters is 1. The molecule has 0 radical (unpaired) electrons. The Bertz CT molecular complexity index is 574. The lowest BCUT2D eigenvalue weighted by atomic mass is 10.1. The van der Waals surface area contributed by atoms with E-state index in [-0.39, 0.29) is 11.3 Å². The first-order valence-corrected chi connectivity index (χ1v) is 4.90. The third-order valence-electron chi connectivity index (χ3n) is 2.31. The number of fused-ring (bicyclic) bond motifs is 1. The minimum Gasteiger partial charge on any atom is -0.464 e. The lowest BCUT2D eigenvalue weighted by Gasteiger charge is -1.95. The lowest BCUT2D eigenvalue weighted by molar-refractivity contribution is 0.0593. The molecule has 0 bridgehead atoms. The summed E-state index contributed by atoms with van der Waals surface area (Å²) in [5.41, 5.74) is 1.09. The quantitative estimate of drug-likeness (QED) is 0.645. The Balaban J connectivity index is 2.76. The third kappa shape index (κ3) is 1.57. The Kier molecular flexibility index (Phi) is 2.66. The topological polar surface area (TPSA) is 59.2 Å². The fourth-order valence-corrected chi connectivity index (χ4v) is 1.74. The third-order valence-corrected chi connectivity index (χ3v) is 2.54. The van der Waals surface area contributed by atoms with Gasteiger partial charge in [0, 0.05) is 15.9 Å². The number of benzene rings is 1. The number of nitrogens with one attached hydrogen (secondary N) is 1. The predicted molar refractivity (Wildman–Crippen MR) is 60.0 cm³/mol. The van der Waals surface area contributed by atoms with E-state index < -0.39 is 5.97 Å². The van der Waals surface area contributed by atoms with E-state index in [0.717, 1.165) is 0 Å². The number of carbonyl (C=O) groups excluding carboxylic acids is 2. The summed E-state index contributed by atoms with van der Waals surface area (Å²) in [4.78, 5) is 25.2. The summed E-state index contributed by atoms with van der Waals surface area (Å²) in [6.07, 6.45) is 0.613. The van der Waals surface area contributed by atoms with Crippen LogP contribution in [0.15, 0.2) is 18.2 Å². The Morgan fingerprint density at radius 3 is 2.88 bits per heavy atom. The molecule has 0 atom stereocenters. The first-order chi connectivity index (χ1) is 7.67. The van der Waals surface area contributed by atoms with Crippen molar-refractivity contribution >= 4 is 34.8 Å². The zero-order chi connectivity index (χ0) is 11.7. The van der Waals surface area contributed by atoms with Crippen LogP contribution in [0.2, 0.25) is 5.02 Å². The molecule has 0 aliphatic heterocycles. The molecule has 0 saturated carbocycles. The summed E-state index contributed by atoms with van der Waals surface area (Å²) in [5.74, 6) is -0.575. The Labute approximate surface area is 96.2 Å². The number of hydrogen-bond acceptors (Lipinski definition) is 3. The van der Waals surface area contributed by atoms with Gasteiger partial charge in [-0.15, -0.1) is 0 Å². The van der Waals surface area contributed by atoms with Crippen molar-refractivity contribution in [3.8, 4) is 0 Å². The molecule has 2 aromatic rings.